The lowest BCUT2D eigenvalue weighted by molar-refractivity contribution is -0.120. The maximum atomic E-state index is 12.1. The second-order valence-electron chi connectivity index (χ2n) is 6.37. The van der Waals surface area contributed by atoms with Crippen LogP contribution in [0.2, 0.25) is 0 Å². The summed E-state index contributed by atoms with van der Waals surface area (Å²) in [4.78, 5) is 16.7. The highest BCUT2D eigenvalue weighted by atomic mass is 16.5. The van der Waals surface area contributed by atoms with Crippen LogP contribution in [-0.2, 0) is 17.8 Å². The Labute approximate surface area is 136 Å². The van der Waals surface area contributed by atoms with Crippen LogP contribution in [0.4, 0.5) is 0 Å². The molecule has 0 saturated heterocycles. The SMILES string of the molecule is Cc1noc(C)c1CC(=O)NCCn1c(C)cnc1C1CCC1. The molecule has 1 N–H and O–H groups in total. The average molecular weight is 316 g/mol. The first-order chi connectivity index (χ1) is 11.1. The second kappa shape index (κ2) is 6.56. The molecule has 2 aromatic heterocycles. The molecule has 0 radical (unpaired) electrons. The van der Waals surface area contributed by atoms with Gasteiger partial charge in [-0.1, -0.05) is 11.6 Å². The van der Waals surface area contributed by atoms with Gasteiger partial charge >= 0.3 is 0 Å². The molecule has 6 nitrogen and oxygen atoms in total. The van der Waals surface area contributed by atoms with Crippen LogP contribution in [0.5, 0.6) is 0 Å². The molecule has 6 heteroatoms. The molecule has 0 unspecified atom stereocenters. The van der Waals surface area contributed by atoms with E-state index in [4.69, 9.17) is 4.52 Å². The summed E-state index contributed by atoms with van der Waals surface area (Å²) in [6.07, 6.45) is 6.01. The Bertz CT molecular complexity index is 678. The number of nitrogens with zero attached hydrogens (tertiary/aromatic N) is 3. The summed E-state index contributed by atoms with van der Waals surface area (Å²) in [5, 5.41) is 6.87. The van der Waals surface area contributed by atoms with E-state index in [2.05, 4.69) is 26.9 Å². The molecule has 2 heterocycles. The second-order valence-corrected chi connectivity index (χ2v) is 6.37. The zero-order valence-electron chi connectivity index (χ0n) is 14.1. The van der Waals surface area contributed by atoms with Crippen molar-refractivity contribution < 1.29 is 9.32 Å². The molecule has 3 rings (SSSR count). The van der Waals surface area contributed by atoms with E-state index in [1.807, 2.05) is 20.0 Å². The molecule has 1 aliphatic rings. The molecule has 23 heavy (non-hydrogen) atoms. The Hall–Kier alpha value is -2.11. The van der Waals surface area contributed by atoms with Crippen molar-refractivity contribution in [3.05, 3.63) is 34.7 Å². The number of imidazole rings is 1. The van der Waals surface area contributed by atoms with Crippen LogP contribution >= 0.6 is 0 Å². The smallest absolute Gasteiger partial charge is 0.224 e. The van der Waals surface area contributed by atoms with Gasteiger partial charge in [0.15, 0.2) is 0 Å². The molecule has 0 bridgehead atoms. The standard InChI is InChI=1S/C17H24N4O2/c1-11-10-19-17(14-5-4-6-14)21(11)8-7-18-16(22)9-15-12(2)20-23-13(15)3/h10,14H,4-9H2,1-3H3,(H,18,22). The van der Waals surface area contributed by atoms with Crippen LogP contribution in [0.3, 0.4) is 0 Å². The lowest BCUT2D eigenvalue weighted by Crippen LogP contribution is -2.30. The van der Waals surface area contributed by atoms with Crippen molar-refractivity contribution in [2.24, 2.45) is 0 Å². The normalized spacial score (nSPS) is 14.7. The summed E-state index contributed by atoms with van der Waals surface area (Å²) in [7, 11) is 0. The van der Waals surface area contributed by atoms with Gasteiger partial charge < -0.3 is 14.4 Å². The van der Waals surface area contributed by atoms with Gasteiger partial charge in [0.05, 0.1) is 12.1 Å². The molecule has 1 saturated carbocycles. The van der Waals surface area contributed by atoms with Gasteiger partial charge in [0, 0.05) is 36.5 Å². The summed E-state index contributed by atoms with van der Waals surface area (Å²) in [5.41, 5.74) is 2.83. The van der Waals surface area contributed by atoms with Gasteiger partial charge in [-0.2, -0.15) is 0 Å². The average Bonchev–Trinajstić information content (AvgIpc) is 2.96. The summed E-state index contributed by atoms with van der Waals surface area (Å²) in [6.45, 7) is 7.15. The van der Waals surface area contributed by atoms with Gasteiger partial charge in [-0.3, -0.25) is 4.79 Å². The van der Waals surface area contributed by atoms with Gasteiger partial charge in [0.1, 0.15) is 11.6 Å². The number of hydrogen-bond donors (Lipinski definition) is 1. The fourth-order valence-electron chi connectivity index (χ4n) is 3.05. The van der Waals surface area contributed by atoms with Gasteiger partial charge in [-0.25, -0.2) is 4.98 Å². The molecule has 0 atom stereocenters. The van der Waals surface area contributed by atoms with E-state index in [0.29, 0.717) is 18.9 Å². The highest BCUT2D eigenvalue weighted by Gasteiger charge is 2.24. The van der Waals surface area contributed by atoms with E-state index in [1.165, 1.54) is 25.1 Å². The zero-order valence-corrected chi connectivity index (χ0v) is 14.1. The zero-order chi connectivity index (χ0) is 16.4. The van der Waals surface area contributed by atoms with Gasteiger partial charge in [0.25, 0.3) is 0 Å². The third-order valence-corrected chi connectivity index (χ3v) is 4.73. The molecular weight excluding hydrogens is 292 g/mol. The van der Waals surface area contributed by atoms with Gasteiger partial charge in [-0.15, -0.1) is 0 Å². The molecule has 0 aliphatic heterocycles. The van der Waals surface area contributed by atoms with E-state index >= 15 is 0 Å². The Balaban J connectivity index is 1.53. The van der Waals surface area contributed by atoms with E-state index in [0.717, 1.165) is 29.3 Å². The third kappa shape index (κ3) is 3.30. The first-order valence-corrected chi connectivity index (χ1v) is 8.26. The van der Waals surface area contributed by atoms with Crippen LogP contribution in [0, 0.1) is 20.8 Å². The number of hydrogen-bond acceptors (Lipinski definition) is 4. The topological polar surface area (TPSA) is 73.0 Å². The monoisotopic (exact) mass is 316 g/mol. The van der Waals surface area contributed by atoms with E-state index < -0.39 is 0 Å². The summed E-state index contributed by atoms with van der Waals surface area (Å²) >= 11 is 0. The highest BCUT2D eigenvalue weighted by Crippen LogP contribution is 2.35. The first-order valence-electron chi connectivity index (χ1n) is 8.26. The number of aromatic nitrogens is 3. The number of carbonyl (C=O) groups excluding carboxylic acids is 1. The Morgan fingerprint density at radius 3 is 2.78 bits per heavy atom. The van der Waals surface area contributed by atoms with Crippen molar-refractivity contribution in [3.63, 3.8) is 0 Å². The lowest BCUT2D eigenvalue weighted by atomic mass is 9.85. The summed E-state index contributed by atoms with van der Waals surface area (Å²) < 4.78 is 7.33. The number of nitrogens with one attached hydrogen (secondary N) is 1. The van der Waals surface area contributed by atoms with E-state index in [1.54, 1.807) is 0 Å². The lowest BCUT2D eigenvalue weighted by Gasteiger charge is -2.26. The van der Waals surface area contributed by atoms with Crippen molar-refractivity contribution in [1.29, 1.82) is 0 Å². The predicted molar refractivity (Wildman–Crippen MR) is 86.2 cm³/mol. The minimum absolute atomic E-state index is 0.00219. The molecule has 1 aliphatic carbocycles. The van der Waals surface area contributed by atoms with Gasteiger partial charge in [-0.05, 0) is 33.6 Å². The van der Waals surface area contributed by atoms with Crippen molar-refractivity contribution in [3.8, 4) is 0 Å². The molecule has 1 amide bonds. The predicted octanol–water partition coefficient (Wildman–Crippen LogP) is 2.42. The highest BCUT2D eigenvalue weighted by molar-refractivity contribution is 5.78. The maximum Gasteiger partial charge on any atom is 0.224 e. The Kier molecular flexibility index (Phi) is 4.50. The van der Waals surface area contributed by atoms with Crippen LogP contribution in [-0.4, -0.2) is 27.2 Å². The van der Waals surface area contributed by atoms with E-state index in [9.17, 15) is 4.79 Å². The fraction of sp³-hybridized carbons (Fsp3) is 0.588. The molecule has 0 spiro atoms. The van der Waals surface area contributed by atoms with Crippen LogP contribution < -0.4 is 5.32 Å². The first kappa shape index (κ1) is 15.8. The maximum absolute atomic E-state index is 12.1. The number of amides is 1. The molecule has 0 aromatic carbocycles. The van der Waals surface area contributed by atoms with Gasteiger partial charge in [0.2, 0.25) is 5.91 Å². The van der Waals surface area contributed by atoms with Crippen LogP contribution in [0.25, 0.3) is 0 Å². The summed E-state index contributed by atoms with van der Waals surface area (Å²) in [5.74, 6) is 2.49. The Morgan fingerprint density at radius 2 is 2.17 bits per heavy atom. The quantitative estimate of drug-likeness (QED) is 0.888. The van der Waals surface area contributed by atoms with Crippen molar-refractivity contribution in [1.82, 2.24) is 20.0 Å². The minimum atomic E-state index is 0.00219. The van der Waals surface area contributed by atoms with Crippen LogP contribution in [0.15, 0.2) is 10.7 Å². The third-order valence-electron chi connectivity index (χ3n) is 4.73. The van der Waals surface area contributed by atoms with Crippen molar-refractivity contribution in [2.75, 3.05) is 6.54 Å². The Morgan fingerprint density at radius 1 is 1.39 bits per heavy atom. The molecule has 1 fully saturated rings. The minimum Gasteiger partial charge on any atom is -0.361 e. The molecule has 124 valence electrons. The van der Waals surface area contributed by atoms with Crippen LogP contribution in [0.1, 0.15) is 53.7 Å². The number of rotatable bonds is 6. The number of aryl methyl sites for hydroxylation is 3. The molecular formula is C17H24N4O2. The van der Waals surface area contributed by atoms with E-state index in [-0.39, 0.29) is 5.91 Å². The molecule has 2 aromatic rings. The number of carbonyl (C=O) groups is 1. The van der Waals surface area contributed by atoms with Crippen molar-refractivity contribution >= 4 is 5.91 Å². The summed E-state index contributed by atoms with van der Waals surface area (Å²) in [6, 6.07) is 0. The largest absolute Gasteiger partial charge is 0.361 e. The van der Waals surface area contributed by atoms with Crippen molar-refractivity contribution in [2.45, 2.75) is 58.9 Å². The fourth-order valence-corrected chi connectivity index (χ4v) is 3.05.